The molecule has 3 nitrogen and oxygen atoms in total. The molecule has 0 aliphatic rings. The van der Waals surface area contributed by atoms with Crippen LogP contribution >= 0.6 is 15.9 Å². The van der Waals surface area contributed by atoms with Gasteiger partial charge in [-0.25, -0.2) is 4.98 Å². The Morgan fingerprint density at radius 2 is 2.20 bits per heavy atom. The van der Waals surface area contributed by atoms with Crippen molar-refractivity contribution in [3.8, 4) is 0 Å². The molecule has 15 heavy (non-hydrogen) atoms. The van der Waals surface area contributed by atoms with Crippen molar-refractivity contribution in [2.75, 3.05) is 17.6 Å². The Labute approximate surface area is 96.8 Å². The van der Waals surface area contributed by atoms with Crippen LogP contribution in [0.1, 0.15) is 6.92 Å². The van der Waals surface area contributed by atoms with Crippen molar-refractivity contribution in [1.29, 1.82) is 0 Å². The standard InChI is InChI=1S/C11H12BrN3/c1-2-14-11-10-7(5-6-15-11)8(12)3-4-9(10)13/h3-6H,2,13H2,1H3,(H,14,15). The van der Waals surface area contributed by atoms with Gasteiger partial charge in [-0.1, -0.05) is 15.9 Å². The summed E-state index contributed by atoms with van der Waals surface area (Å²) in [7, 11) is 0. The first-order valence-corrected chi connectivity index (χ1v) is 5.60. The molecular formula is C11H12BrN3. The zero-order chi connectivity index (χ0) is 10.8. The molecule has 0 spiro atoms. The number of aromatic nitrogens is 1. The maximum Gasteiger partial charge on any atom is 0.135 e. The van der Waals surface area contributed by atoms with Crippen LogP contribution in [0.3, 0.4) is 0 Å². The third-order valence-corrected chi connectivity index (χ3v) is 2.94. The summed E-state index contributed by atoms with van der Waals surface area (Å²) in [4.78, 5) is 4.29. The zero-order valence-corrected chi connectivity index (χ0v) is 10.0. The topological polar surface area (TPSA) is 50.9 Å². The van der Waals surface area contributed by atoms with Gasteiger partial charge in [-0.15, -0.1) is 0 Å². The van der Waals surface area contributed by atoms with E-state index < -0.39 is 0 Å². The molecule has 0 radical (unpaired) electrons. The van der Waals surface area contributed by atoms with Crippen LogP contribution in [-0.2, 0) is 0 Å². The fourth-order valence-corrected chi connectivity index (χ4v) is 2.05. The van der Waals surface area contributed by atoms with Gasteiger partial charge in [0.1, 0.15) is 5.82 Å². The highest BCUT2D eigenvalue weighted by Gasteiger charge is 2.07. The number of anilines is 2. The number of nitrogens with one attached hydrogen (secondary N) is 1. The number of halogens is 1. The summed E-state index contributed by atoms with van der Waals surface area (Å²) in [6.07, 6.45) is 1.78. The summed E-state index contributed by atoms with van der Waals surface area (Å²) in [5.74, 6) is 0.841. The van der Waals surface area contributed by atoms with Crippen LogP contribution in [0.5, 0.6) is 0 Å². The van der Waals surface area contributed by atoms with E-state index in [1.54, 1.807) is 6.20 Å². The predicted octanol–water partition coefficient (Wildman–Crippen LogP) is 3.01. The van der Waals surface area contributed by atoms with Crippen LogP contribution in [0.25, 0.3) is 10.8 Å². The van der Waals surface area contributed by atoms with Crippen molar-refractivity contribution in [1.82, 2.24) is 4.98 Å². The smallest absolute Gasteiger partial charge is 0.135 e. The number of hydrogen-bond donors (Lipinski definition) is 2. The third-order valence-electron chi connectivity index (χ3n) is 2.25. The van der Waals surface area contributed by atoms with E-state index in [9.17, 15) is 0 Å². The molecule has 0 fully saturated rings. The van der Waals surface area contributed by atoms with Gasteiger partial charge < -0.3 is 11.1 Å². The van der Waals surface area contributed by atoms with Gasteiger partial charge in [0.2, 0.25) is 0 Å². The average Bonchev–Trinajstić information content (AvgIpc) is 2.24. The number of fused-ring (bicyclic) bond motifs is 1. The molecule has 1 aromatic carbocycles. The molecule has 0 aliphatic heterocycles. The Morgan fingerprint density at radius 3 is 2.93 bits per heavy atom. The van der Waals surface area contributed by atoms with E-state index >= 15 is 0 Å². The number of nitrogens with zero attached hydrogens (tertiary/aromatic N) is 1. The summed E-state index contributed by atoms with van der Waals surface area (Å²) in [5, 5.41) is 5.27. The quantitative estimate of drug-likeness (QED) is 0.821. The van der Waals surface area contributed by atoms with Crippen LogP contribution in [-0.4, -0.2) is 11.5 Å². The van der Waals surface area contributed by atoms with E-state index in [4.69, 9.17) is 5.73 Å². The van der Waals surface area contributed by atoms with Crippen LogP contribution in [0.4, 0.5) is 11.5 Å². The molecule has 0 unspecified atom stereocenters. The lowest BCUT2D eigenvalue weighted by Crippen LogP contribution is -2.01. The van der Waals surface area contributed by atoms with Crippen molar-refractivity contribution >= 4 is 38.2 Å². The van der Waals surface area contributed by atoms with E-state index in [-0.39, 0.29) is 0 Å². The lowest BCUT2D eigenvalue weighted by Gasteiger charge is -2.09. The number of benzene rings is 1. The highest BCUT2D eigenvalue weighted by atomic mass is 79.9. The SMILES string of the molecule is CCNc1nccc2c(Br)ccc(N)c12. The Balaban J connectivity index is 2.78. The molecule has 2 rings (SSSR count). The van der Waals surface area contributed by atoms with Crippen LogP contribution in [0.2, 0.25) is 0 Å². The number of nitrogen functional groups attached to an aromatic ring is 1. The first-order chi connectivity index (χ1) is 7.24. The normalized spacial score (nSPS) is 10.5. The van der Waals surface area contributed by atoms with Crippen molar-refractivity contribution in [2.24, 2.45) is 0 Å². The largest absolute Gasteiger partial charge is 0.398 e. The molecule has 4 heteroatoms. The van der Waals surface area contributed by atoms with E-state index in [1.165, 1.54) is 0 Å². The fourth-order valence-electron chi connectivity index (χ4n) is 1.59. The third kappa shape index (κ3) is 1.77. The Hall–Kier alpha value is -1.29. The second-order valence-corrected chi connectivity index (χ2v) is 4.10. The summed E-state index contributed by atoms with van der Waals surface area (Å²) >= 11 is 3.51. The Bertz CT molecular complexity index is 496. The van der Waals surface area contributed by atoms with Crippen LogP contribution in [0.15, 0.2) is 28.9 Å². The summed E-state index contributed by atoms with van der Waals surface area (Å²) < 4.78 is 1.04. The molecular weight excluding hydrogens is 254 g/mol. The first-order valence-electron chi connectivity index (χ1n) is 4.80. The van der Waals surface area contributed by atoms with Gasteiger partial charge in [0, 0.05) is 33.7 Å². The molecule has 0 amide bonds. The number of rotatable bonds is 2. The molecule has 78 valence electrons. The van der Waals surface area contributed by atoms with Gasteiger partial charge in [-0.3, -0.25) is 0 Å². The van der Waals surface area contributed by atoms with Gasteiger partial charge in [0.05, 0.1) is 0 Å². The van der Waals surface area contributed by atoms with Crippen molar-refractivity contribution in [3.63, 3.8) is 0 Å². The average molecular weight is 266 g/mol. The molecule has 1 aromatic heterocycles. The molecule has 1 heterocycles. The minimum atomic E-state index is 0.747. The highest BCUT2D eigenvalue weighted by Crippen LogP contribution is 2.32. The van der Waals surface area contributed by atoms with Crippen molar-refractivity contribution in [2.45, 2.75) is 6.92 Å². The molecule has 0 saturated carbocycles. The number of hydrogen-bond acceptors (Lipinski definition) is 3. The second kappa shape index (κ2) is 4.06. The van der Waals surface area contributed by atoms with Gasteiger partial charge in [-0.2, -0.15) is 0 Å². The van der Waals surface area contributed by atoms with E-state index in [1.807, 2.05) is 25.1 Å². The zero-order valence-electron chi connectivity index (χ0n) is 8.42. The molecule has 0 saturated heterocycles. The fraction of sp³-hybridized carbons (Fsp3) is 0.182. The van der Waals surface area contributed by atoms with Crippen LogP contribution in [0, 0.1) is 0 Å². The Kier molecular flexibility index (Phi) is 2.77. The number of nitrogens with two attached hydrogens (primary N) is 1. The van der Waals surface area contributed by atoms with Gasteiger partial charge in [0.25, 0.3) is 0 Å². The van der Waals surface area contributed by atoms with Gasteiger partial charge >= 0.3 is 0 Å². The summed E-state index contributed by atoms with van der Waals surface area (Å²) in [6, 6.07) is 5.79. The van der Waals surface area contributed by atoms with Crippen molar-refractivity contribution in [3.05, 3.63) is 28.9 Å². The Morgan fingerprint density at radius 1 is 1.40 bits per heavy atom. The second-order valence-electron chi connectivity index (χ2n) is 3.25. The molecule has 3 N–H and O–H groups in total. The van der Waals surface area contributed by atoms with Gasteiger partial charge in [0.15, 0.2) is 0 Å². The lowest BCUT2D eigenvalue weighted by atomic mass is 10.1. The lowest BCUT2D eigenvalue weighted by molar-refractivity contribution is 1.17. The predicted molar refractivity (Wildman–Crippen MR) is 68.0 cm³/mol. The van der Waals surface area contributed by atoms with Crippen LogP contribution < -0.4 is 11.1 Å². The van der Waals surface area contributed by atoms with Crippen molar-refractivity contribution < 1.29 is 0 Å². The summed E-state index contributed by atoms with van der Waals surface area (Å²) in [5.41, 5.74) is 6.70. The maximum atomic E-state index is 5.96. The maximum absolute atomic E-state index is 5.96. The number of pyridine rings is 1. The minimum absolute atomic E-state index is 0.747. The van der Waals surface area contributed by atoms with E-state index in [2.05, 4.69) is 26.2 Å². The molecule has 0 aliphatic carbocycles. The monoisotopic (exact) mass is 265 g/mol. The molecule has 0 bridgehead atoms. The summed E-state index contributed by atoms with van der Waals surface area (Å²) in [6.45, 7) is 2.87. The van der Waals surface area contributed by atoms with Gasteiger partial charge in [-0.05, 0) is 25.1 Å². The van der Waals surface area contributed by atoms with E-state index in [0.717, 1.165) is 33.3 Å². The molecule has 2 aromatic rings. The highest BCUT2D eigenvalue weighted by molar-refractivity contribution is 9.10. The van der Waals surface area contributed by atoms with E-state index in [0.29, 0.717) is 0 Å². The minimum Gasteiger partial charge on any atom is -0.398 e. The first kappa shape index (κ1) is 10.2. The molecule has 0 atom stereocenters.